The smallest absolute Gasteiger partial charge is 0.142 e. The summed E-state index contributed by atoms with van der Waals surface area (Å²) in [4.78, 5) is 18.9. The van der Waals surface area contributed by atoms with E-state index >= 15 is 0 Å². The monoisotopic (exact) mass is 290 g/mol. The first-order chi connectivity index (χ1) is 10.9. The zero-order valence-corrected chi connectivity index (χ0v) is 11.7. The number of imidazole rings is 1. The van der Waals surface area contributed by atoms with E-state index in [1.165, 1.54) is 5.56 Å². The van der Waals surface area contributed by atoms with Crippen LogP contribution < -0.4 is 5.32 Å². The van der Waals surface area contributed by atoms with Gasteiger partial charge in [-0.1, -0.05) is 24.3 Å². The highest BCUT2D eigenvalue weighted by atomic mass is 15.0. The minimum atomic E-state index is 0.704. The fourth-order valence-corrected chi connectivity index (χ4v) is 2.40. The van der Waals surface area contributed by atoms with Gasteiger partial charge in [0.2, 0.25) is 0 Å². The van der Waals surface area contributed by atoms with Crippen LogP contribution in [0.5, 0.6) is 0 Å². The topological polar surface area (TPSA) is 82.3 Å². The van der Waals surface area contributed by atoms with E-state index in [0.717, 1.165) is 28.2 Å². The second kappa shape index (κ2) is 5.33. The van der Waals surface area contributed by atoms with Gasteiger partial charge in [0.15, 0.2) is 0 Å². The molecule has 22 heavy (non-hydrogen) atoms. The molecule has 0 spiro atoms. The van der Waals surface area contributed by atoms with Gasteiger partial charge in [0, 0.05) is 30.7 Å². The quantitative estimate of drug-likeness (QED) is 0.539. The number of hydrogen-bond donors (Lipinski definition) is 3. The van der Waals surface area contributed by atoms with Gasteiger partial charge in [-0.25, -0.2) is 15.0 Å². The molecule has 0 saturated carbocycles. The maximum atomic E-state index is 4.30. The Hall–Kier alpha value is -3.15. The van der Waals surface area contributed by atoms with Gasteiger partial charge in [-0.15, -0.1) is 0 Å². The molecule has 3 aromatic heterocycles. The van der Waals surface area contributed by atoms with Crippen molar-refractivity contribution in [1.82, 2.24) is 24.9 Å². The van der Waals surface area contributed by atoms with E-state index < -0.39 is 0 Å². The summed E-state index contributed by atoms with van der Waals surface area (Å²) in [6.45, 7) is 0.704. The lowest BCUT2D eigenvalue weighted by atomic mass is 10.1. The third kappa shape index (κ3) is 2.31. The van der Waals surface area contributed by atoms with Gasteiger partial charge in [-0.2, -0.15) is 0 Å². The molecule has 6 heteroatoms. The number of nitrogens with one attached hydrogen (secondary N) is 3. The van der Waals surface area contributed by atoms with Crippen molar-refractivity contribution in [2.24, 2.45) is 0 Å². The van der Waals surface area contributed by atoms with E-state index in [2.05, 4.69) is 54.5 Å². The summed E-state index contributed by atoms with van der Waals surface area (Å²) in [5.41, 5.74) is 3.09. The highest BCUT2D eigenvalue weighted by molar-refractivity contribution is 5.86. The Morgan fingerprint density at radius 2 is 1.82 bits per heavy atom. The van der Waals surface area contributed by atoms with Gasteiger partial charge in [0.25, 0.3) is 0 Å². The molecule has 0 aliphatic carbocycles. The van der Waals surface area contributed by atoms with Crippen LogP contribution in [0.3, 0.4) is 0 Å². The van der Waals surface area contributed by atoms with Crippen LogP contribution in [-0.2, 0) is 6.54 Å². The third-order valence-corrected chi connectivity index (χ3v) is 3.54. The molecule has 3 heterocycles. The molecular weight excluding hydrogens is 276 g/mol. The predicted molar refractivity (Wildman–Crippen MR) is 85.2 cm³/mol. The largest absolute Gasteiger partial charge is 0.365 e. The third-order valence-electron chi connectivity index (χ3n) is 3.54. The van der Waals surface area contributed by atoms with E-state index in [-0.39, 0.29) is 0 Å². The Labute approximate surface area is 126 Å². The highest BCUT2D eigenvalue weighted by Crippen LogP contribution is 2.19. The molecule has 0 aliphatic rings. The summed E-state index contributed by atoms with van der Waals surface area (Å²) in [5.74, 6) is 1.71. The average molecular weight is 290 g/mol. The van der Waals surface area contributed by atoms with E-state index in [4.69, 9.17) is 0 Å². The molecule has 6 nitrogen and oxygen atoms in total. The van der Waals surface area contributed by atoms with Crippen molar-refractivity contribution in [2.75, 3.05) is 5.32 Å². The van der Waals surface area contributed by atoms with Gasteiger partial charge in [-0.05, 0) is 11.6 Å². The number of H-pyrrole nitrogens is 2. The molecule has 1 aromatic carbocycles. The molecule has 0 aliphatic heterocycles. The van der Waals surface area contributed by atoms with Crippen LogP contribution in [0.25, 0.3) is 22.4 Å². The summed E-state index contributed by atoms with van der Waals surface area (Å²) < 4.78 is 0. The molecule has 0 amide bonds. The number of benzene rings is 1. The van der Waals surface area contributed by atoms with Crippen LogP contribution in [0, 0.1) is 0 Å². The predicted octanol–water partition coefficient (Wildman–Crippen LogP) is 2.96. The molecular formula is C16H14N6. The molecule has 4 aromatic rings. The average Bonchev–Trinajstić information content (AvgIpc) is 3.24. The van der Waals surface area contributed by atoms with Gasteiger partial charge >= 0.3 is 0 Å². The van der Waals surface area contributed by atoms with Crippen LogP contribution in [0.1, 0.15) is 5.56 Å². The number of aromatic amines is 2. The fourth-order valence-electron chi connectivity index (χ4n) is 2.40. The minimum absolute atomic E-state index is 0.704. The fraction of sp³-hybridized carbons (Fsp3) is 0.0625. The lowest BCUT2D eigenvalue weighted by molar-refractivity contribution is 1.10. The first kappa shape index (κ1) is 12.6. The van der Waals surface area contributed by atoms with Crippen LogP contribution in [0.4, 0.5) is 5.82 Å². The summed E-state index contributed by atoms with van der Waals surface area (Å²) in [6.07, 6.45) is 6.99. The van der Waals surface area contributed by atoms with Crippen LogP contribution in [0.2, 0.25) is 0 Å². The van der Waals surface area contributed by atoms with Crippen LogP contribution >= 0.6 is 0 Å². The summed E-state index contributed by atoms with van der Waals surface area (Å²) in [6, 6.07) is 10.3. The molecule has 4 rings (SSSR count). The summed E-state index contributed by atoms with van der Waals surface area (Å²) in [7, 11) is 0. The molecule has 0 saturated heterocycles. The number of hydrogen-bond acceptors (Lipinski definition) is 4. The normalized spacial score (nSPS) is 10.9. The van der Waals surface area contributed by atoms with Crippen molar-refractivity contribution in [3.05, 3.63) is 60.8 Å². The number of fused-ring (bicyclic) bond motifs is 1. The second-order valence-electron chi connectivity index (χ2n) is 4.95. The van der Waals surface area contributed by atoms with Crippen molar-refractivity contribution in [2.45, 2.75) is 6.54 Å². The molecule has 0 atom stereocenters. The van der Waals surface area contributed by atoms with Crippen molar-refractivity contribution in [3.63, 3.8) is 0 Å². The zero-order chi connectivity index (χ0) is 14.8. The lowest BCUT2D eigenvalue weighted by Crippen LogP contribution is -2.02. The SMILES string of the molecule is c1c[nH]c(-c2ccc(CNc3ncnc4[nH]ccc34)cc2)n1. The number of rotatable bonds is 4. The maximum absolute atomic E-state index is 4.30. The van der Waals surface area contributed by atoms with Gasteiger partial charge in [0.05, 0.1) is 5.39 Å². The van der Waals surface area contributed by atoms with E-state index in [1.54, 1.807) is 12.5 Å². The number of nitrogens with zero attached hydrogens (tertiary/aromatic N) is 3. The van der Waals surface area contributed by atoms with Gasteiger partial charge < -0.3 is 15.3 Å². The maximum Gasteiger partial charge on any atom is 0.142 e. The molecule has 0 fully saturated rings. The first-order valence-electron chi connectivity index (χ1n) is 7.01. The lowest BCUT2D eigenvalue weighted by Gasteiger charge is -2.07. The Morgan fingerprint density at radius 1 is 0.909 bits per heavy atom. The van der Waals surface area contributed by atoms with Crippen LogP contribution in [0.15, 0.2) is 55.2 Å². The second-order valence-corrected chi connectivity index (χ2v) is 4.95. The standard InChI is InChI=1S/C16H14N6/c1-3-12(14-18-7-8-19-14)4-2-11(1)9-20-16-13-5-6-17-15(13)21-10-22-16/h1-8,10H,9H2,(H,18,19)(H2,17,20,21,22). The van der Waals surface area contributed by atoms with E-state index in [0.29, 0.717) is 6.54 Å². The summed E-state index contributed by atoms with van der Waals surface area (Å²) in [5, 5.41) is 4.34. The van der Waals surface area contributed by atoms with Crippen molar-refractivity contribution in [1.29, 1.82) is 0 Å². The number of aromatic nitrogens is 5. The van der Waals surface area contributed by atoms with Crippen LogP contribution in [-0.4, -0.2) is 24.9 Å². The zero-order valence-electron chi connectivity index (χ0n) is 11.7. The van der Waals surface area contributed by atoms with Crippen molar-refractivity contribution < 1.29 is 0 Å². The Balaban J connectivity index is 1.51. The van der Waals surface area contributed by atoms with Gasteiger partial charge in [-0.3, -0.25) is 0 Å². The van der Waals surface area contributed by atoms with Gasteiger partial charge in [0.1, 0.15) is 23.6 Å². The first-order valence-corrected chi connectivity index (χ1v) is 7.01. The van der Waals surface area contributed by atoms with Crippen molar-refractivity contribution in [3.8, 4) is 11.4 Å². The Kier molecular flexibility index (Phi) is 3.05. The van der Waals surface area contributed by atoms with Crippen molar-refractivity contribution >= 4 is 16.9 Å². The minimum Gasteiger partial charge on any atom is -0.365 e. The molecule has 3 N–H and O–H groups in total. The summed E-state index contributed by atoms with van der Waals surface area (Å²) >= 11 is 0. The number of anilines is 1. The van der Waals surface area contributed by atoms with E-state index in [1.807, 2.05) is 18.5 Å². The molecule has 0 unspecified atom stereocenters. The highest BCUT2D eigenvalue weighted by Gasteiger charge is 2.04. The molecule has 0 radical (unpaired) electrons. The molecule has 0 bridgehead atoms. The Bertz CT molecular complexity index is 877. The Morgan fingerprint density at radius 3 is 2.64 bits per heavy atom. The van der Waals surface area contributed by atoms with E-state index in [9.17, 15) is 0 Å². The molecule has 108 valence electrons.